The highest BCUT2D eigenvalue weighted by molar-refractivity contribution is 7.89. The van der Waals surface area contributed by atoms with Gasteiger partial charge in [0.25, 0.3) is 5.91 Å². The number of esters is 1. The number of carbonyl (C=O) groups is 3. The molecule has 1 fully saturated rings. The van der Waals surface area contributed by atoms with Crippen molar-refractivity contribution in [1.82, 2.24) is 4.31 Å². The van der Waals surface area contributed by atoms with Gasteiger partial charge in [-0.05, 0) is 60.2 Å². The third-order valence-electron chi connectivity index (χ3n) is 5.72. The first-order valence-corrected chi connectivity index (χ1v) is 12.9. The van der Waals surface area contributed by atoms with E-state index in [1.807, 2.05) is 0 Å². The van der Waals surface area contributed by atoms with Gasteiger partial charge in [-0.1, -0.05) is 41.4 Å². The van der Waals surface area contributed by atoms with E-state index in [-0.39, 0.29) is 29.1 Å². The van der Waals surface area contributed by atoms with Crippen molar-refractivity contribution in [2.24, 2.45) is 0 Å². The molecule has 4 rings (SSSR count). The van der Waals surface area contributed by atoms with Crippen molar-refractivity contribution in [3.05, 3.63) is 94.0 Å². The van der Waals surface area contributed by atoms with Gasteiger partial charge in [-0.2, -0.15) is 4.31 Å². The van der Waals surface area contributed by atoms with Crippen LogP contribution >= 0.6 is 23.2 Å². The Bertz CT molecular complexity index is 1430. The lowest BCUT2D eigenvalue weighted by molar-refractivity contribution is -0.122. The third-order valence-corrected chi connectivity index (χ3v) is 8.21. The number of ether oxygens (including phenoxy) is 1. The minimum absolute atomic E-state index is 0.0833. The molecule has 1 unspecified atom stereocenters. The quantitative estimate of drug-likeness (QED) is 0.323. The van der Waals surface area contributed by atoms with Crippen LogP contribution in [0.3, 0.4) is 0 Å². The Hall–Kier alpha value is -3.24. The van der Waals surface area contributed by atoms with E-state index in [1.165, 1.54) is 55.6 Å². The lowest BCUT2D eigenvalue weighted by Crippen LogP contribution is -2.45. The second-order valence-corrected chi connectivity index (χ2v) is 10.7. The minimum atomic E-state index is -4.24. The zero-order valence-electron chi connectivity index (χ0n) is 18.9. The number of nitrogens with zero attached hydrogens (tertiary/aromatic N) is 2. The SMILES string of the molecule is COC(=O)c1ccc(N2C(=O)CC(N(Cc3ccccc3Cl)S(=O)(=O)c3ccc(Cl)cc3)C2=O)cc1. The predicted octanol–water partition coefficient (Wildman–Crippen LogP) is 4.30. The molecule has 0 aromatic heterocycles. The summed E-state index contributed by atoms with van der Waals surface area (Å²) in [5.41, 5.74) is 0.919. The Labute approximate surface area is 218 Å². The lowest BCUT2D eigenvalue weighted by Gasteiger charge is -2.27. The maximum absolute atomic E-state index is 13.7. The van der Waals surface area contributed by atoms with E-state index in [0.717, 1.165) is 9.21 Å². The Balaban J connectivity index is 1.73. The van der Waals surface area contributed by atoms with Gasteiger partial charge in [0.05, 0.1) is 29.7 Å². The molecule has 1 aliphatic rings. The molecule has 0 spiro atoms. The fourth-order valence-electron chi connectivity index (χ4n) is 3.88. The van der Waals surface area contributed by atoms with E-state index in [9.17, 15) is 22.8 Å². The summed E-state index contributed by atoms with van der Waals surface area (Å²) in [6, 6.07) is 16.6. The van der Waals surface area contributed by atoms with Gasteiger partial charge in [-0.3, -0.25) is 9.59 Å². The number of methoxy groups -OCH3 is 1. The summed E-state index contributed by atoms with van der Waals surface area (Å²) in [6.07, 6.45) is -0.366. The van der Waals surface area contributed by atoms with Crippen molar-refractivity contribution >= 4 is 56.7 Å². The number of imide groups is 1. The van der Waals surface area contributed by atoms with Crippen molar-refractivity contribution in [2.75, 3.05) is 12.0 Å². The molecule has 1 atom stereocenters. The van der Waals surface area contributed by atoms with Crippen LogP contribution in [-0.4, -0.2) is 43.7 Å². The second-order valence-electron chi connectivity index (χ2n) is 7.92. The third kappa shape index (κ3) is 5.01. The number of amides is 2. The molecular weight excluding hydrogens is 527 g/mol. The molecular formula is C25H20Cl2N2O6S. The number of anilines is 1. The summed E-state index contributed by atoms with van der Waals surface area (Å²) in [4.78, 5) is 39.0. The van der Waals surface area contributed by atoms with Gasteiger partial charge >= 0.3 is 5.97 Å². The van der Waals surface area contributed by atoms with Crippen LogP contribution in [0.5, 0.6) is 0 Å². The van der Waals surface area contributed by atoms with Crippen LogP contribution in [0.1, 0.15) is 22.3 Å². The molecule has 36 heavy (non-hydrogen) atoms. The highest BCUT2D eigenvalue weighted by atomic mass is 35.5. The smallest absolute Gasteiger partial charge is 0.337 e. The summed E-state index contributed by atoms with van der Waals surface area (Å²) >= 11 is 12.2. The molecule has 186 valence electrons. The molecule has 1 aliphatic heterocycles. The molecule has 0 saturated carbocycles. The molecule has 1 saturated heterocycles. The molecule has 0 radical (unpaired) electrons. The van der Waals surface area contributed by atoms with Gasteiger partial charge in [-0.15, -0.1) is 0 Å². The van der Waals surface area contributed by atoms with Crippen LogP contribution in [0.4, 0.5) is 5.69 Å². The number of sulfonamides is 1. The average Bonchev–Trinajstić information content (AvgIpc) is 3.16. The van der Waals surface area contributed by atoms with Crippen LogP contribution in [0, 0.1) is 0 Å². The molecule has 0 aliphatic carbocycles. The molecule has 8 nitrogen and oxygen atoms in total. The zero-order valence-corrected chi connectivity index (χ0v) is 21.3. The van der Waals surface area contributed by atoms with E-state index in [1.54, 1.807) is 24.3 Å². The normalized spacial score (nSPS) is 16.0. The molecule has 1 heterocycles. The van der Waals surface area contributed by atoms with Gasteiger partial charge in [0.1, 0.15) is 6.04 Å². The number of rotatable bonds is 7. The highest BCUT2D eigenvalue weighted by Crippen LogP contribution is 2.32. The van der Waals surface area contributed by atoms with Crippen LogP contribution in [0.25, 0.3) is 0 Å². The maximum atomic E-state index is 13.7. The van der Waals surface area contributed by atoms with Crippen molar-refractivity contribution < 1.29 is 27.5 Å². The largest absolute Gasteiger partial charge is 0.465 e. The summed E-state index contributed by atoms with van der Waals surface area (Å²) in [7, 11) is -3.01. The summed E-state index contributed by atoms with van der Waals surface area (Å²) < 4.78 is 33.1. The van der Waals surface area contributed by atoms with E-state index in [2.05, 4.69) is 4.74 Å². The summed E-state index contributed by atoms with van der Waals surface area (Å²) in [6.45, 7) is -0.233. The minimum Gasteiger partial charge on any atom is -0.465 e. The van der Waals surface area contributed by atoms with Crippen molar-refractivity contribution in [3.63, 3.8) is 0 Å². The average molecular weight is 547 g/mol. The number of hydrogen-bond acceptors (Lipinski definition) is 6. The van der Waals surface area contributed by atoms with Crippen molar-refractivity contribution in [2.45, 2.75) is 23.9 Å². The zero-order chi connectivity index (χ0) is 26.0. The second kappa shape index (κ2) is 10.4. The number of carbonyl (C=O) groups excluding carboxylic acids is 3. The van der Waals surface area contributed by atoms with E-state index in [4.69, 9.17) is 23.2 Å². The molecule has 11 heteroatoms. The molecule has 2 amide bonds. The van der Waals surface area contributed by atoms with E-state index < -0.39 is 33.8 Å². The first-order valence-electron chi connectivity index (χ1n) is 10.7. The Morgan fingerprint density at radius 2 is 1.64 bits per heavy atom. The van der Waals surface area contributed by atoms with E-state index >= 15 is 0 Å². The lowest BCUT2D eigenvalue weighted by atomic mass is 10.2. The molecule has 3 aromatic carbocycles. The van der Waals surface area contributed by atoms with Crippen LogP contribution in [0.2, 0.25) is 10.0 Å². The van der Waals surface area contributed by atoms with Gasteiger partial charge in [0.2, 0.25) is 15.9 Å². The van der Waals surface area contributed by atoms with Gasteiger partial charge in [0, 0.05) is 16.6 Å². The number of halogens is 2. The van der Waals surface area contributed by atoms with Crippen LogP contribution in [0.15, 0.2) is 77.7 Å². The fraction of sp³-hybridized carbons (Fsp3) is 0.160. The topological polar surface area (TPSA) is 101 Å². The van der Waals surface area contributed by atoms with Gasteiger partial charge in [-0.25, -0.2) is 18.1 Å². The monoisotopic (exact) mass is 546 g/mol. The summed E-state index contributed by atoms with van der Waals surface area (Å²) in [5.74, 6) is -1.86. The number of hydrogen-bond donors (Lipinski definition) is 0. The van der Waals surface area contributed by atoms with E-state index in [0.29, 0.717) is 15.6 Å². The van der Waals surface area contributed by atoms with Gasteiger partial charge < -0.3 is 4.74 Å². The molecule has 3 aromatic rings. The van der Waals surface area contributed by atoms with Crippen molar-refractivity contribution in [1.29, 1.82) is 0 Å². The molecule has 0 bridgehead atoms. The first-order chi connectivity index (χ1) is 17.1. The maximum Gasteiger partial charge on any atom is 0.337 e. The van der Waals surface area contributed by atoms with Crippen LogP contribution < -0.4 is 4.90 Å². The standard InChI is InChI=1S/C25H20Cl2N2O6S/c1-35-25(32)16-6-10-19(11-7-16)29-23(30)14-22(24(29)31)28(15-17-4-2-3-5-21(17)27)36(33,34)20-12-8-18(26)9-13-20/h2-13,22H,14-15H2,1H3. The Kier molecular flexibility index (Phi) is 7.46. The summed E-state index contributed by atoms with van der Waals surface area (Å²) in [5, 5.41) is 0.668. The first kappa shape index (κ1) is 25.8. The Morgan fingerprint density at radius 1 is 1.00 bits per heavy atom. The highest BCUT2D eigenvalue weighted by Gasteiger charge is 2.47. The fourth-order valence-corrected chi connectivity index (χ4v) is 5.76. The Morgan fingerprint density at radius 3 is 2.25 bits per heavy atom. The van der Waals surface area contributed by atoms with Gasteiger partial charge in [0.15, 0.2) is 0 Å². The predicted molar refractivity (Wildman–Crippen MR) is 134 cm³/mol. The number of benzene rings is 3. The van der Waals surface area contributed by atoms with Crippen molar-refractivity contribution in [3.8, 4) is 0 Å². The molecule has 0 N–H and O–H groups in total. The van der Waals surface area contributed by atoms with Crippen LogP contribution in [-0.2, 0) is 30.9 Å².